The van der Waals surface area contributed by atoms with E-state index < -0.39 is 0 Å². The van der Waals surface area contributed by atoms with Gasteiger partial charge >= 0.3 is 6.03 Å². The molecule has 0 aliphatic rings. The number of nitrogens with zero attached hydrogens (tertiary/aromatic N) is 3. The van der Waals surface area contributed by atoms with Gasteiger partial charge in [-0.15, -0.1) is 0 Å². The zero-order valence-corrected chi connectivity index (χ0v) is 15.4. The fourth-order valence-electron chi connectivity index (χ4n) is 2.55. The molecular formula is C18H26N4O3. The van der Waals surface area contributed by atoms with Crippen LogP contribution in [0.4, 0.5) is 4.79 Å². The molecular weight excluding hydrogens is 320 g/mol. The molecule has 0 aliphatic heterocycles. The van der Waals surface area contributed by atoms with Crippen LogP contribution in [0, 0.1) is 6.92 Å². The van der Waals surface area contributed by atoms with Crippen LogP contribution in [0.5, 0.6) is 5.75 Å². The number of aromatic nitrogens is 1. The van der Waals surface area contributed by atoms with Crippen LogP contribution in [0.3, 0.4) is 0 Å². The largest absolute Gasteiger partial charge is 0.497 e. The second-order valence-electron chi connectivity index (χ2n) is 6.22. The van der Waals surface area contributed by atoms with E-state index in [1.54, 1.807) is 19.1 Å². The van der Waals surface area contributed by atoms with Crippen LogP contribution in [-0.2, 0) is 6.54 Å². The Labute approximate surface area is 148 Å². The van der Waals surface area contributed by atoms with Gasteiger partial charge in [0.25, 0.3) is 0 Å². The minimum atomic E-state index is -0.152. The summed E-state index contributed by atoms with van der Waals surface area (Å²) in [4.78, 5) is 16.0. The van der Waals surface area contributed by atoms with Crippen molar-refractivity contribution in [3.05, 3.63) is 47.3 Å². The van der Waals surface area contributed by atoms with E-state index in [9.17, 15) is 4.79 Å². The molecule has 0 aliphatic carbocycles. The van der Waals surface area contributed by atoms with Crippen LogP contribution in [0.25, 0.3) is 0 Å². The zero-order valence-electron chi connectivity index (χ0n) is 15.4. The maximum Gasteiger partial charge on any atom is 0.317 e. The average molecular weight is 346 g/mol. The average Bonchev–Trinajstić information content (AvgIpc) is 3.00. The van der Waals surface area contributed by atoms with Crippen molar-refractivity contribution in [2.45, 2.75) is 19.5 Å². The molecule has 0 bridgehead atoms. The van der Waals surface area contributed by atoms with Crippen molar-refractivity contribution in [1.82, 2.24) is 20.3 Å². The quantitative estimate of drug-likeness (QED) is 0.834. The number of aryl methyl sites for hydroxylation is 1. The summed E-state index contributed by atoms with van der Waals surface area (Å²) in [6.45, 7) is 2.73. The number of nitrogens with one attached hydrogen (secondary N) is 1. The van der Waals surface area contributed by atoms with Crippen molar-refractivity contribution in [2.24, 2.45) is 0 Å². The van der Waals surface area contributed by atoms with Crippen LogP contribution in [-0.4, -0.2) is 55.8 Å². The first-order valence-corrected chi connectivity index (χ1v) is 8.12. The molecule has 1 N–H and O–H groups in total. The smallest absolute Gasteiger partial charge is 0.317 e. The summed E-state index contributed by atoms with van der Waals surface area (Å²) in [6.07, 6.45) is 0. The van der Waals surface area contributed by atoms with Crippen molar-refractivity contribution in [1.29, 1.82) is 0 Å². The molecule has 0 spiro atoms. The molecule has 0 saturated heterocycles. The Balaban J connectivity index is 1.94. The predicted octanol–water partition coefficient (Wildman–Crippen LogP) is 2.44. The lowest BCUT2D eigenvalue weighted by molar-refractivity contribution is 0.199. The molecule has 1 heterocycles. The van der Waals surface area contributed by atoms with Gasteiger partial charge in [0.2, 0.25) is 0 Å². The summed E-state index contributed by atoms with van der Waals surface area (Å²) in [7, 11) is 7.36. The summed E-state index contributed by atoms with van der Waals surface area (Å²) >= 11 is 0. The monoisotopic (exact) mass is 346 g/mol. The van der Waals surface area contributed by atoms with Crippen molar-refractivity contribution < 1.29 is 14.1 Å². The molecule has 7 heteroatoms. The van der Waals surface area contributed by atoms with Crippen molar-refractivity contribution in [3.63, 3.8) is 0 Å². The van der Waals surface area contributed by atoms with E-state index in [-0.39, 0.29) is 12.1 Å². The molecule has 0 fully saturated rings. The van der Waals surface area contributed by atoms with Gasteiger partial charge in [0.15, 0.2) is 0 Å². The number of benzene rings is 1. The van der Waals surface area contributed by atoms with Crippen molar-refractivity contribution >= 4 is 6.03 Å². The maximum atomic E-state index is 12.3. The molecule has 2 rings (SSSR count). The lowest BCUT2D eigenvalue weighted by Crippen LogP contribution is -2.41. The Bertz CT molecular complexity index is 682. The Morgan fingerprint density at radius 2 is 1.96 bits per heavy atom. The number of ether oxygens (including phenoxy) is 1. The maximum absolute atomic E-state index is 12.3. The summed E-state index contributed by atoms with van der Waals surface area (Å²) in [5.41, 5.74) is 1.84. The van der Waals surface area contributed by atoms with Crippen LogP contribution >= 0.6 is 0 Å². The standard InChI is InChI=1S/C18H26N4O3/c1-13-10-15(20-25-13)12-22(4)18(23)19-11-17(21(2)3)14-6-8-16(24-5)9-7-14/h6-10,17H,11-12H2,1-5H3,(H,19,23)/t17-/m0/s1. The highest BCUT2D eigenvalue weighted by Gasteiger charge is 2.17. The van der Waals surface area contributed by atoms with Gasteiger partial charge in [0.05, 0.1) is 19.7 Å². The molecule has 2 aromatic rings. The fourth-order valence-corrected chi connectivity index (χ4v) is 2.55. The van der Waals surface area contributed by atoms with Gasteiger partial charge in [-0.25, -0.2) is 4.79 Å². The highest BCUT2D eigenvalue weighted by Crippen LogP contribution is 2.20. The number of amides is 2. The third-order valence-electron chi connectivity index (χ3n) is 3.99. The van der Waals surface area contributed by atoms with E-state index in [0.717, 1.165) is 22.8 Å². The van der Waals surface area contributed by atoms with Crippen LogP contribution in [0.15, 0.2) is 34.9 Å². The fraction of sp³-hybridized carbons (Fsp3) is 0.444. The number of carbonyl (C=O) groups excluding carboxylic acids is 1. The van der Waals surface area contributed by atoms with Crippen LogP contribution < -0.4 is 10.1 Å². The zero-order chi connectivity index (χ0) is 18.4. The van der Waals surface area contributed by atoms with Gasteiger partial charge in [-0.2, -0.15) is 0 Å². The molecule has 25 heavy (non-hydrogen) atoms. The minimum absolute atomic E-state index is 0.0672. The number of carbonyl (C=O) groups is 1. The molecule has 136 valence electrons. The molecule has 7 nitrogen and oxygen atoms in total. The number of rotatable bonds is 7. The van der Waals surface area contributed by atoms with E-state index >= 15 is 0 Å². The summed E-state index contributed by atoms with van der Waals surface area (Å²) < 4.78 is 10.2. The van der Waals surface area contributed by atoms with Gasteiger partial charge in [-0.1, -0.05) is 17.3 Å². The molecule has 0 radical (unpaired) electrons. The number of urea groups is 1. The van der Waals surface area contributed by atoms with Gasteiger partial charge in [0.1, 0.15) is 17.2 Å². The van der Waals surface area contributed by atoms with E-state index in [2.05, 4.69) is 15.4 Å². The Morgan fingerprint density at radius 1 is 1.28 bits per heavy atom. The van der Waals surface area contributed by atoms with Crippen molar-refractivity contribution in [2.75, 3.05) is 34.8 Å². The lowest BCUT2D eigenvalue weighted by Gasteiger charge is -2.26. The van der Waals surface area contributed by atoms with Crippen LogP contribution in [0.1, 0.15) is 23.1 Å². The lowest BCUT2D eigenvalue weighted by atomic mass is 10.1. The molecule has 1 aromatic carbocycles. The van der Waals surface area contributed by atoms with Gasteiger partial charge < -0.3 is 24.4 Å². The topological polar surface area (TPSA) is 70.8 Å². The Morgan fingerprint density at radius 3 is 2.48 bits per heavy atom. The highest BCUT2D eigenvalue weighted by molar-refractivity contribution is 5.73. The van der Waals surface area contributed by atoms with Gasteiger partial charge in [-0.05, 0) is 38.7 Å². The normalized spacial score (nSPS) is 12.1. The first-order valence-electron chi connectivity index (χ1n) is 8.12. The summed E-state index contributed by atoms with van der Waals surface area (Å²) in [6, 6.07) is 9.61. The molecule has 2 amide bonds. The van der Waals surface area contributed by atoms with E-state index in [4.69, 9.17) is 9.26 Å². The first kappa shape index (κ1) is 18.8. The molecule has 1 atom stereocenters. The third-order valence-corrected chi connectivity index (χ3v) is 3.99. The predicted molar refractivity (Wildman–Crippen MR) is 95.5 cm³/mol. The van der Waals surface area contributed by atoms with E-state index in [1.165, 1.54) is 0 Å². The van der Waals surface area contributed by atoms with E-state index in [0.29, 0.717) is 13.1 Å². The van der Waals surface area contributed by atoms with Gasteiger partial charge in [0, 0.05) is 19.7 Å². The molecule has 0 saturated carbocycles. The summed E-state index contributed by atoms with van der Waals surface area (Å²) in [5, 5.41) is 6.88. The number of hydrogen-bond donors (Lipinski definition) is 1. The number of likely N-dealkylation sites (N-methyl/N-ethyl adjacent to an activating group) is 1. The summed E-state index contributed by atoms with van der Waals surface area (Å²) in [5.74, 6) is 1.55. The Hall–Kier alpha value is -2.54. The number of hydrogen-bond acceptors (Lipinski definition) is 5. The number of methoxy groups -OCH3 is 1. The van der Waals surface area contributed by atoms with Crippen molar-refractivity contribution in [3.8, 4) is 5.75 Å². The first-order chi connectivity index (χ1) is 11.9. The minimum Gasteiger partial charge on any atom is -0.497 e. The second-order valence-corrected chi connectivity index (χ2v) is 6.22. The Kier molecular flexibility index (Phi) is 6.41. The molecule has 1 aromatic heterocycles. The van der Waals surface area contributed by atoms with E-state index in [1.807, 2.05) is 51.4 Å². The third kappa shape index (κ3) is 5.22. The molecule has 0 unspecified atom stereocenters. The van der Waals surface area contributed by atoms with Gasteiger partial charge in [-0.3, -0.25) is 0 Å². The highest BCUT2D eigenvalue weighted by atomic mass is 16.5. The van der Waals surface area contributed by atoms with Crippen LogP contribution in [0.2, 0.25) is 0 Å². The second kappa shape index (κ2) is 8.53. The SMILES string of the molecule is COc1ccc([C@H](CNC(=O)N(C)Cc2cc(C)on2)N(C)C)cc1.